The van der Waals surface area contributed by atoms with Gasteiger partial charge in [-0.25, -0.2) is 4.98 Å². The summed E-state index contributed by atoms with van der Waals surface area (Å²) in [6, 6.07) is 23.8. The third kappa shape index (κ3) is 2.56. The summed E-state index contributed by atoms with van der Waals surface area (Å²) in [6.07, 6.45) is 0. The fourth-order valence-corrected chi connectivity index (χ4v) is 2.85. The third-order valence-corrected chi connectivity index (χ3v) is 4.11. The van der Waals surface area contributed by atoms with Gasteiger partial charge in [0.05, 0.1) is 27.4 Å². The SMILES string of the molecule is Clc1ccccc1NNc1c2ccccc2nc2ccccc12. The van der Waals surface area contributed by atoms with Gasteiger partial charge in [-0.1, -0.05) is 60.1 Å². The molecule has 0 bridgehead atoms. The van der Waals surface area contributed by atoms with Gasteiger partial charge >= 0.3 is 0 Å². The Balaban J connectivity index is 1.84. The van der Waals surface area contributed by atoms with Crippen LogP contribution in [-0.2, 0) is 0 Å². The molecule has 4 rings (SSSR count). The third-order valence-electron chi connectivity index (χ3n) is 3.78. The molecule has 0 fully saturated rings. The van der Waals surface area contributed by atoms with Crippen LogP contribution >= 0.6 is 11.6 Å². The minimum absolute atomic E-state index is 0.669. The molecule has 0 saturated carbocycles. The molecule has 0 aliphatic rings. The quantitative estimate of drug-likeness (QED) is 0.388. The van der Waals surface area contributed by atoms with Crippen LogP contribution in [0.1, 0.15) is 0 Å². The molecule has 0 aliphatic heterocycles. The number of anilines is 2. The second-order valence-corrected chi connectivity index (χ2v) is 5.66. The summed E-state index contributed by atoms with van der Waals surface area (Å²) >= 11 is 6.21. The first-order valence-electron chi connectivity index (χ1n) is 7.37. The maximum Gasteiger partial charge on any atom is 0.0731 e. The molecule has 0 unspecified atom stereocenters. The van der Waals surface area contributed by atoms with E-state index in [0.717, 1.165) is 33.2 Å². The number of benzene rings is 3. The number of hydrazine groups is 1. The number of nitrogens with zero attached hydrogens (tertiary/aromatic N) is 1. The molecule has 1 heterocycles. The van der Waals surface area contributed by atoms with Crippen molar-refractivity contribution in [3.63, 3.8) is 0 Å². The summed E-state index contributed by atoms with van der Waals surface area (Å²) in [7, 11) is 0. The van der Waals surface area contributed by atoms with Crippen LogP contribution < -0.4 is 10.9 Å². The number of aromatic nitrogens is 1. The molecule has 0 amide bonds. The molecule has 3 nitrogen and oxygen atoms in total. The Morgan fingerprint density at radius 1 is 0.652 bits per heavy atom. The molecule has 4 aromatic rings. The van der Waals surface area contributed by atoms with E-state index >= 15 is 0 Å². The molecule has 1 aromatic heterocycles. The fraction of sp³-hybridized carbons (Fsp3) is 0. The topological polar surface area (TPSA) is 37.0 Å². The highest BCUT2D eigenvalue weighted by atomic mass is 35.5. The summed E-state index contributed by atoms with van der Waals surface area (Å²) in [5.74, 6) is 0. The predicted molar refractivity (Wildman–Crippen MR) is 97.9 cm³/mol. The standard InChI is InChI=1S/C19H14ClN3/c20-15-9-3-6-12-18(15)22-23-19-13-7-1-4-10-16(13)21-17-11-5-2-8-14(17)19/h1-12,22H,(H,21,23). The Hall–Kier alpha value is -2.78. The van der Waals surface area contributed by atoms with Crippen molar-refractivity contribution in [1.82, 2.24) is 4.98 Å². The number of rotatable bonds is 3. The minimum Gasteiger partial charge on any atom is -0.299 e. The number of hydrogen-bond donors (Lipinski definition) is 2. The van der Waals surface area contributed by atoms with E-state index in [9.17, 15) is 0 Å². The molecule has 0 saturated heterocycles. The Labute approximate surface area is 138 Å². The van der Waals surface area contributed by atoms with E-state index in [2.05, 4.69) is 23.0 Å². The number of fused-ring (bicyclic) bond motifs is 2. The predicted octanol–water partition coefficient (Wildman–Crippen LogP) is 5.48. The highest BCUT2D eigenvalue weighted by molar-refractivity contribution is 6.33. The maximum absolute atomic E-state index is 6.21. The lowest BCUT2D eigenvalue weighted by Gasteiger charge is -2.15. The first-order chi connectivity index (χ1) is 11.3. The van der Waals surface area contributed by atoms with Crippen LogP contribution in [0.4, 0.5) is 11.4 Å². The number of para-hydroxylation sites is 3. The maximum atomic E-state index is 6.21. The van der Waals surface area contributed by atoms with E-state index in [-0.39, 0.29) is 0 Å². The number of hydrogen-bond acceptors (Lipinski definition) is 3. The number of pyridine rings is 1. The summed E-state index contributed by atoms with van der Waals surface area (Å²) < 4.78 is 0. The van der Waals surface area contributed by atoms with E-state index < -0.39 is 0 Å². The normalized spacial score (nSPS) is 10.8. The first kappa shape index (κ1) is 13.9. The van der Waals surface area contributed by atoms with Crippen LogP contribution in [0.5, 0.6) is 0 Å². The minimum atomic E-state index is 0.669. The van der Waals surface area contributed by atoms with Crippen LogP contribution in [0, 0.1) is 0 Å². The van der Waals surface area contributed by atoms with E-state index in [1.165, 1.54) is 0 Å². The largest absolute Gasteiger partial charge is 0.299 e. The Bertz CT molecular complexity index is 944. The monoisotopic (exact) mass is 319 g/mol. The Morgan fingerprint density at radius 2 is 1.22 bits per heavy atom. The zero-order chi connectivity index (χ0) is 15.6. The lowest BCUT2D eigenvalue weighted by molar-refractivity contribution is 1.42. The Morgan fingerprint density at radius 3 is 1.87 bits per heavy atom. The van der Waals surface area contributed by atoms with Gasteiger partial charge in [0.2, 0.25) is 0 Å². The molecule has 0 radical (unpaired) electrons. The average Bonchev–Trinajstić information content (AvgIpc) is 2.60. The molecule has 4 heteroatoms. The number of nitrogens with one attached hydrogen (secondary N) is 2. The molecule has 0 spiro atoms. The van der Waals surface area contributed by atoms with Gasteiger partial charge in [-0.2, -0.15) is 0 Å². The summed E-state index contributed by atoms with van der Waals surface area (Å²) in [4.78, 5) is 4.72. The van der Waals surface area contributed by atoms with E-state index in [4.69, 9.17) is 16.6 Å². The first-order valence-corrected chi connectivity index (χ1v) is 7.75. The van der Waals surface area contributed by atoms with E-state index in [1.807, 2.05) is 60.7 Å². The van der Waals surface area contributed by atoms with Crippen molar-refractivity contribution in [3.8, 4) is 0 Å². The molecule has 112 valence electrons. The molecule has 0 atom stereocenters. The van der Waals surface area contributed by atoms with Crippen LogP contribution in [0.3, 0.4) is 0 Å². The van der Waals surface area contributed by atoms with Gasteiger partial charge in [0.25, 0.3) is 0 Å². The van der Waals surface area contributed by atoms with Crippen LogP contribution in [-0.4, -0.2) is 4.98 Å². The van der Waals surface area contributed by atoms with Crippen molar-refractivity contribution >= 4 is 44.8 Å². The van der Waals surface area contributed by atoms with Crippen LogP contribution in [0.15, 0.2) is 72.8 Å². The van der Waals surface area contributed by atoms with Crippen molar-refractivity contribution < 1.29 is 0 Å². The zero-order valence-corrected chi connectivity index (χ0v) is 13.0. The van der Waals surface area contributed by atoms with Gasteiger partial charge in [-0.15, -0.1) is 0 Å². The molecule has 0 aliphatic carbocycles. The van der Waals surface area contributed by atoms with Crippen LogP contribution in [0.2, 0.25) is 5.02 Å². The fourth-order valence-electron chi connectivity index (χ4n) is 2.67. The second kappa shape index (κ2) is 5.78. The summed E-state index contributed by atoms with van der Waals surface area (Å²) in [5.41, 5.74) is 10.2. The highest BCUT2D eigenvalue weighted by Crippen LogP contribution is 2.31. The van der Waals surface area contributed by atoms with Crippen molar-refractivity contribution in [1.29, 1.82) is 0 Å². The Kier molecular flexibility index (Phi) is 3.48. The molecule has 2 N–H and O–H groups in total. The number of halogens is 1. The highest BCUT2D eigenvalue weighted by Gasteiger charge is 2.08. The molecular weight excluding hydrogens is 306 g/mol. The van der Waals surface area contributed by atoms with Crippen molar-refractivity contribution in [2.45, 2.75) is 0 Å². The van der Waals surface area contributed by atoms with Gasteiger partial charge in [-0.05, 0) is 24.3 Å². The summed E-state index contributed by atoms with van der Waals surface area (Å²) in [5, 5.41) is 2.79. The van der Waals surface area contributed by atoms with Gasteiger partial charge in [-0.3, -0.25) is 10.9 Å². The smallest absolute Gasteiger partial charge is 0.0731 e. The average molecular weight is 320 g/mol. The van der Waals surface area contributed by atoms with Crippen molar-refractivity contribution in [3.05, 3.63) is 77.8 Å². The van der Waals surface area contributed by atoms with Gasteiger partial charge in [0.1, 0.15) is 0 Å². The lowest BCUT2D eigenvalue weighted by Crippen LogP contribution is -2.10. The van der Waals surface area contributed by atoms with Gasteiger partial charge in [0, 0.05) is 10.8 Å². The van der Waals surface area contributed by atoms with Crippen LogP contribution in [0.25, 0.3) is 21.8 Å². The van der Waals surface area contributed by atoms with Crippen molar-refractivity contribution in [2.75, 3.05) is 10.9 Å². The molecular formula is C19H14ClN3. The van der Waals surface area contributed by atoms with E-state index in [1.54, 1.807) is 0 Å². The van der Waals surface area contributed by atoms with Gasteiger partial charge in [0.15, 0.2) is 0 Å². The lowest BCUT2D eigenvalue weighted by atomic mass is 10.1. The second-order valence-electron chi connectivity index (χ2n) is 5.25. The molecule has 3 aromatic carbocycles. The van der Waals surface area contributed by atoms with E-state index in [0.29, 0.717) is 5.02 Å². The summed E-state index contributed by atoms with van der Waals surface area (Å²) in [6.45, 7) is 0. The molecule has 23 heavy (non-hydrogen) atoms. The zero-order valence-electron chi connectivity index (χ0n) is 12.3. The van der Waals surface area contributed by atoms with Crippen molar-refractivity contribution in [2.24, 2.45) is 0 Å². The van der Waals surface area contributed by atoms with Gasteiger partial charge < -0.3 is 0 Å².